The first-order chi connectivity index (χ1) is 40.5. The average Bonchev–Trinajstić information content (AvgIpc) is 3.47. The second kappa shape index (κ2) is 68.3. The van der Waals surface area contributed by atoms with Crippen LogP contribution in [0, 0.1) is 0 Å². The molecule has 0 amide bonds. The Bertz CT molecular complexity index is 1870. The lowest BCUT2D eigenvalue weighted by Gasteiger charge is -2.18. The molecule has 0 saturated heterocycles. The predicted molar refractivity (Wildman–Crippen MR) is 357 cm³/mol. The van der Waals surface area contributed by atoms with E-state index in [2.05, 4.69) is 191 Å². The zero-order valence-corrected chi connectivity index (χ0v) is 52.7. The molecule has 0 radical (unpaired) electrons. The Morgan fingerprint density at radius 1 is 0.256 bits per heavy atom. The summed E-state index contributed by atoms with van der Waals surface area (Å²) < 4.78 is 16.9. The highest BCUT2D eigenvalue weighted by molar-refractivity contribution is 5.71. The van der Waals surface area contributed by atoms with Gasteiger partial charge in [0.25, 0.3) is 0 Å². The van der Waals surface area contributed by atoms with E-state index < -0.39 is 6.10 Å². The number of ether oxygens (including phenoxy) is 3. The molecule has 0 fully saturated rings. The van der Waals surface area contributed by atoms with Gasteiger partial charge in [0, 0.05) is 19.3 Å². The van der Waals surface area contributed by atoms with Crippen molar-refractivity contribution in [1.82, 2.24) is 0 Å². The minimum atomic E-state index is -0.811. The molecular weight excluding hydrogens is 1010 g/mol. The predicted octanol–water partition coefficient (Wildman–Crippen LogP) is 23.0. The summed E-state index contributed by atoms with van der Waals surface area (Å²) in [6.07, 6.45) is 101. The lowest BCUT2D eigenvalue weighted by atomic mass is 10.0. The fraction of sp³-hybridized carbons (Fsp3) is 0.592. The fourth-order valence-electron chi connectivity index (χ4n) is 8.58. The zero-order valence-electron chi connectivity index (χ0n) is 52.7. The third-order valence-corrected chi connectivity index (χ3v) is 13.5. The minimum absolute atomic E-state index is 0.103. The van der Waals surface area contributed by atoms with Crippen LogP contribution in [0.15, 0.2) is 170 Å². The van der Waals surface area contributed by atoms with Crippen LogP contribution in [-0.2, 0) is 28.6 Å². The van der Waals surface area contributed by atoms with Gasteiger partial charge in [0.15, 0.2) is 6.10 Å². The maximum absolute atomic E-state index is 12.9. The molecule has 0 aliphatic rings. The van der Waals surface area contributed by atoms with Crippen molar-refractivity contribution >= 4 is 17.9 Å². The van der Waals surface area contributed by atoms with Crippen molar-refractivity contribution < 1.29 is 28.6 Å². The minimum Gasteiger partial charge on any atom is -0.462 e. The molecule has 1 unspecified atom stereocenters. The van der Waals surface area contributed by atoms with Crippen molar-refractivity contribution in [3.8, 4) is 0 Å². The van der Waals surface area contributed by atoms with E-state index in [-0.39, 0.29) is 37.5 Å². The van der Waals surface area contributed by atoms with E-state index in [1.807, 2.05) is 0 Å². The molecule has 0 aliphatic carbocycles. The lowest BCUT2D eigenvalue weighted by molar-refractivity contribution is -0.167. The van der Waals surface area contributed by atoms with Crippen molar-refractivity contribution in [3.05, 3.63) is 170 Å². The van der Waals surface area contributed by atoms with Gasteiger partial charge in [0.05, 0.1) is 0 Å². The van der Waals surface area contributed by atoms with E-state index >= 15 is 0 Å². The van der Waals surface area contributed by atoms with Crippen LogP contribution in [-0.4, -0.2) is 37.2 Å². The third kappa shape index (κ3) is 65.6. The van der Waals surface area contributed by atoms with Crippen molar-refractivity contribution in [2.75, 3.05) is 13.2 Å². The van der Waals surface area contributed by atoms with Crippen molar-refractivity contribution in [1.29, 1.82) is 0 Å². The van der Waals surface area contributed by atoms with E-state index in [4.69, 9.17) is 14.2 Å². The summed E-state index contributed by atoms with van der Waals surface area (Å²) in [5.41, 5.74) is 0. The molecule has 460 valence electrons. The van der Waals surface area contributed by atoms with Crippen molar-refractivity contribution in [3.63, 3.8) is 0 Å². The maximum atomic E-state index is 12.9. The number of hydrogen-bond acceptors (Lipinski definition) is 6. The van der Waals surface area contributed by atoms with Crippen LogP contribution in [0.25, 0.3) is 0 Å². The average molecular weight is 1130 g/mol. The third-order valence-electron chi connectivity index (χ3n) is 13.5. The second-order valence-electron chi connectivity index (χ2n) is 21.3. The Morgan fingerprint density at radius 2 is 0.476 bits per heavy atom. The Kier molecular flexibility index (Phi) is 63.9. The maximum Gasteiger partial charge on any atom is 0.306 e. The molecule has 1 atom stereocenters. The highest BCUT2D eigenvalue weighted by atomic mass is 16.6. The number of rotatable bonds is 58. The number of hydrogen-bond donors (Lipinski definition) is 0. The van der Waals surface area contributed by atoms with E-state index in [1.54, 1.807) is 0 Å². The first kappa shape index (κ1) is 76.8. The number of allylic oxidation sites excluding steroid dienone is 28. The first-order valence-electron chi connectivity index (χ1n) is 33.1. The molecule has 0 bridgehead atoms. The normalized spacial score (nSPS) is 13.3. The topological polar surface area (TPSA) is 78.9 Å². The van der Waals surface area contributed by atoms with Gasteiger partial charge in [-0.25, -0.2) is 0 Å². The van der Waals surface area contributed by atoms with E-state index in [9.17, 15) is 14.4 Å². The van der Waals surface area contributed by atoms with Crippen LogP contribution in [0.3, 0.4) is 0 Å². The second-order valence-corrected chi connectivity index (χ2v) is 21.3. The van der Waals surface area contributed by atoms with Gasteiger partial charge in [-0.1, -0.05) is 287 Å². The Balaban J connectivity index is 4.39. The largest absolute Gasteiger partial charge is 0.462 e. The summed E-state index contributed by atoms with van der Waals surface area (Å²) in [6.45, 7) is 6.36. The van der Waals surface area contributed by atoms with E-state index in [0.29, 0.717) is 19.3 Å². The molecule has 6 nitrogen and oxygen atoms in total. The number of carbonyl (C=O) groups excluding carboxylic acids is 3. The summed E-state index contributed by atoms with van der Waals surface area (Å²) in [6, 6.07) is 0. The summed E-state index contributed by atoms with van der Waals surface area (Å²) in [5, 5.41) is 0. The van der Waals surface area contributed by atoms with E-state index in [0.717, 1.165) is 167 Å². The molecule has 0 saturated carbocycles. The standard InChI is InChI=1S/C76H120O6/c1-4-7-10-13-16-19-22-25-27-29-31-32-33-34-35-36-37-38-39-40-41-42-43-44-46-47-49-51-54-57-60-63-66-69-75(78)81-72-73(71-80-74(77)68-65-62-59-56-53-24-21-18-15-12-9-6-3)82-76(79)70-67-64-61-58-55-52-50-48-45-30-28-26-23-20-17-14-11-8-5-2/h7-8,10-11,16-17,19-20,25-28,31-32,34-35,37-38,40-41,43-45,47-49,52,55,73H,4-6,9,12-15,18,21-24,29-30,33,36,39,42,46,50-51,53-54,56-72H2,1-3H3/b10-7-,11-8-,19-16-,20-17-,27-25-,28-26-,32-31-,35-34-,38-37-,41-40-,44-43-,48-45-,49-47-,55-52-. The summed E-state index contributed by atoms with van der Waals surface area (Å²) in [7, 11) is 0. The fourth-order valence-corrected chi connectivity index (χ4v) is 8.58. The molecule has 0 aromatic rings. The number of unbranched alkanes of at least 4 members (excludes halogenated alkanes) is 19. The first-order valence-corrected chi connectivity index (χ1v) is 33.1. The summed E-state index contributed by atoms with van der Waals surface area (Å²) in [5.74, 6) is -0.958. The monoisotopic (exact) mass is 1130 g/mol. The van der Waals surface area contributed by atoms with Crippen LogP contribution < -0.4 is 0 Å². The Morgan fingerprint density at radius 3 is 0.756 bits per heavy atom. The lowest BCUT2D eigenvalue weighted by Crippen LogP contribution is -2.30. The van der Waals surface area contributed by atoms with Crippen LogP contribution >= 0.6 is 0 Å². The molecule has 0 aromatic carbocycles. The van der Waals surface area contributed by atoms with Gasteiger partial charge in [-0.15, -0.1) is 0 Å². The molecule has 0 aliphatic heterocycles. The van der Waals surface area contributed by atoms with Gasteiger partial charge in [0.2, 0.25) is 0 Å². The molecule has 0 aromatic heterocycles. The molecule has 82 heavy (non-hydrogen) atoms. The highest BCUT2D eigenvalue weighted by Gasteiger charge is 2.19. The van der Waals surface area contributed by atoms with Crippen LogP contribution in [0.1, 0.15) is 271 Å². The van der Waals surface area contributed by atoms with Crippen LogP contribution in [0.4, 0.5) is 0 Å². The smallest absolute Gasteiger partial charge is 0.306 e. The molecule has 6 heteroatoms. The molecule has 0 spiro atoms. The van der Waals surface area contributed by atoms with Gasteiger partial charge in [0.1, 0.15) is 13.2 Å². The van der Waals surface area contributed by atoms with Gasteiger partial charge < -0.3 is 14.2 Å². The Hall–Kier alpha value is -5.23. The number of esters is 3. The number of carbonyl (C=O) groups is 3. The van der Waals surface area contributed by atoms with Gasteiger partial charge in [-0.2, -0.15) is 0 Å². The van der Waals surface area contributed by atoms with Gasteiger partial charge in [-0.05, 0) is 135 Å². The Labute approximate surface area is 504 Å². The summed E-state index contributed by atoms with van der Waals surface area (Å²) in [4.78, 5) is 38.3. The van der Waals surface area contributed by atoms with Crippen molar-refractivity contribution in [2.45, 2.75) is 277 Å². The molecular formula is C76H120O6. The highest BCUT2D eigenvalue weighted by Crippen LogP contribution is 2.15. The summed E-state index contributed by atoms with van der Waals surface area (Å²) >= 11 is 0. The quantitative estimate of drug-likeness (QED) is 0.0261. The zero-order chi connectivity index (χ0) is 59.2. The van der Waals surface area contributed by atoms with Gasteiger partial charge >= 0.3 is 17.9 Å². The molecule has 0 N–H and O–H groups in total. The van der Waals surface area contributed by atoms with E-state index in [1.165, 1.54) is 57.8 Å². The van der Waals surface area contributed by atoms with Crippen LogP contribution in [0.2, 0.25) is 0 Å². The SMILES string of the molecule is CC/C=C\C/C=C\C/C=C\C/C=C\C/C=C\C/C=C\C/C=C\C/C=C\C/C=C\CCCCCCCC(=O)OCC(COC(=O)CCCCCCCCCCCCCC)OC(=O)CCCCC/C=C\C/C=C\C/C=C\C/C=C\C/C=C\CC. The van der Waals surface area contributed by atoms with Crippen LogP contribution in [0.5, 0.6) is 0 Å². The molecule has 0 heterocycles. The molecule has 0 rings (SSSR count). The van der Waals surface area contributed by atoms with Gasteiger partial charge in [-0.3, -0.25) is 14.4 Å². The van der Waals surface area contributed by atoms with Crippen molar-refractivity contribution in [2.24, 2.45) is 0 Å².